The number of carbonyl (C=O) groups is 1. The van der Waals surface area contributed by atoms with Gasteiger partial charge in [0.05, 0.1) is 7.11 Å². The van der Waals surface area contributed by atoms with Gasteiger partial charge < -0.3 is 14.2 Å². The SMILES string of the molecule is COc1cc(CCC(=O)N2CCC(c3cc4nc(C)c(C)c(=O)n4[nH]3)CC2)on1. The quantitative estimate of drug-likeness (QED) is 0.703. The normalized spacial score (nSPS) is 15.2. The fourth-order valence-corrected chi connectivity index (χ4v) is 3.78. The topological polar surface area (TPSA) is 106 Å². The first-order valence-electron chi connectivity index (χ1n) is 9.82. The molecule has 0 aromatic carbocycles. The number of piperidine rings is 1. The fraction of sp³-hybridized carbons (Fsp3) is 0.500. The van der Waals surface area contributed by atoms with Gasteiger partial charge in [0.2, 0.25) is 5.91 Å². The van der Waals surface area contributed by atoms with Crippen molar-refractivity contribution in [1.82, 2.24) is 24.7 Å². The van der Waals surface area contributed by atoms with Gasteiger partial charge in [-0.05, 0) is 31.8 Å². The predicted octanol–water partition coefficient (Wildman–Crippen LogP) is 1.97. The number of nitrogens with zero attached hydrogens (tertiary/aromatic N) is 4. The van der Waals surface area contributed by atoms with Gasteiger partial charge in [0.15, 0.2) is 5.65 Å². The van der Waals surface area contributed by atoms with Gasteiger partial charge in [-0.1, -0.05) is 0 Å². The van der Waals surface area contributed by atoms with Crippen LogP contribution in [0.15, 0.2) is 21.5 Å². The van der Waals surface area contributed by atoms with Crippen molar-refractivity contribution in [2.24, 2.45) is 0 Å². The molecule has 1 saturated heterocycles. The van der Waals surface area contributed by atoms with Crippen LogP contribution in [-0.2, 0) is 11.2 Å². The lowest BCUT2D eigenvalue weighted by molar-refractivity contribution is -0.132. The third kappa shape index (κ3) is 3.76. The number of hydrogen-bond donors (Lipinski definition) is 1. The van der Waals surface area contributed by atoms with Gasteiger partial charge >= 0.3 is 0 Å². The summed E-state index contributed by atoms with van der Waals surface area (Å²) in [6.45, 7) is 5.02. The molecule has 1 N–H and O–H groups in total. The van der Waals surface area contributed by atoms with Gasteiger partial charge in [-0.15, -0.1) is 0 Å². The lowest BCUT2D eigenvalue weighted by Gasteiger charge is -2.31. The van der Waals surface area contributed by atoms with E-state index in [1.165, 1.54) is 11.6 Å². The third-order valence-corrected chi connectivity index (χ3v) is 5.72. The summed E-state index contributed by atoms with van der Waals surface area (Å²) < 4.78 is 11.6. The maximum absolute atomic E-state index is 12.5. The highest BCUT2D eigenvalue weighted by Gasteiger charge is 2.25. The van der Waals surface area contributed by atoms with Crippen LogP contribution in [0.1, 0.15) is 47.9 Å². The Labute approximate surface area is 167 Å². The molecule has 0 saturated carbocycles. The van der Waals surface area contributed by atoms with Crippen LogP contribution in [0, 0.1) is 13.8 Å². The summed E-state index contributed by atoms with van der Waals surface area (Å²) in [5, 5.41) is 6.96. The number of aromatic nitrogens is 4. The van der Waals surface area contributed by atoms with Gasteiger partial charge in [-0.2, -0.15) is 0 Å². The molecule has 154 valence electrons. The Balaban J connectivity index is 1.36. The van der Waals surface area contributed by atoms with E-state index in [4.69, 9.17) is 9.26 Å². The molecule has 1 amide bonds. The van der Waals surface area contributed by atoms with E-state index in [2.05, 4.69) is 15.2 Å². The second-order valence-corrected chi connectivity index (χ2v) is 7.52. The number of aryl methyl sites for hydroxylation is 2. The van der Waals surface area contributed by atoms with Crippen LogP contribution in [0.5, 0.6) is 5.88 Å². The number of fused-ring (bicyclic) bond motifs is 1. The van der Waals surface area contributed by atoms with Gasteiger partial charge in [0, 0.05) is 60.9 Å². The fourth-order valence-electron chi connectivity index (χ4n) is 3.78. The Hall–Kier alpha value is -3.10. The molecule has 4 rings (SSSR count). The Bertz CT molecular complexity index is 1090. The van der Waals surface area contributed by atoms with Crippen LogP contribution < -0.4 is 10.3 Å². The lowest BCUT2D eigenvalue weighted by Crippen LogP contribution is -2.38. The zero-order chi connectivity index (χ0) is 20.5. The monoisotopic (exact) mass is 399 g/mol. The summed E-state index contributed by atoms with van der Waals surface area (Å²) >= 11 is 0. The van der Waals surface area contributed by atoms with E-state index in [0.717, 1.165) is 24.2 Å². The van der Waals surface area contributed by atoms with Crippen LogP contribution in [0.4, 0.5) is 0 Å². The summed E-state index contributed by atoms with van der Waals surface area (Å²) in [6.07, 6.45) is 2.58. The highest BCUT2D eigenvalue weighted by Crippen LogP contribution is 2.28. The number of hydrogen-bond acceptors (Lipinski definition) is 6. The first-order chi connectivity index (χ1) is 14.0. The number of likely N-dealkylation sites (tertiary alicyclic amines) is 1. The molecule has 4 heterocycles. The van der Waals surface area contributed by atoms with E-state index in [0.29, 0.717) is 48.8 Å². The van der Waals surface area contributed by atoms with E-state index < -0.39 is 0 Å². The Morgan fingerprint density at radius 3 is 2.76 bits per heavy atom. The molecule has 1 fully saturated rings. The van der Waals surface area contributed by atoms with Crippen LogP contribution in [0.2, 0.25) is 0 Å². The van der Waals surface area contributed by atoms with E-state index >= 15 is 0 Å². The number of carbonyl (C=O) groups excluding carboxylic acids is 1. The predicted molar refractivity (Wildman–Crippen MR) is 105 cm³/mol. The van der Waals surface area contributed by atoms with Crippen molar-refractivity contribution >= 4 is 11.6 Å². The highest BCUT2D eigenvalue weighted by molar-refractivity contribution is 5.76. The van der Waals surface area contributed by atoms with Crippen molar-refractivity contribution < 1.29 is 14.1 Å². The summed E-state index contributed by atoms with van der Waals surface area (Å²) in [5.41, 5.74) is 3.00. The van der Waals surface area contributed by atoms with Crippen molar-refractivity contribution in [2.75, 3.05) is 20.2 Å². The Kier molecular flexibility index (Phi) is 5.12. The molecule has 3 aromatic heterocycles. The first kappa shape index (κ1) is 19.2. The van der Waals surface area contributed by atoms with Gasteiger partial charge in [0.1, 0.15) is 5.76 Å². The van der Waals surface area contributed by atoms with Crippen LogP contribution in [0.3, 0.4) is 0 Å². The average molecular weight is 399 g/mol. The van der Waals surface area contributed by atoms with Gasteiger partial charge in [0.25, 0.3) is 11.4 Å². The van der Waals surface area contributed by atoms with E-state index in [1.807, 2.05) is 17.9 Å². The molecule has 0 bridgehead atoms. The van der Waals surface area contributed by atoms with Crippen LogP contribution in [-0.4, -0.2) is 50.8 Å². The number of rotatable bonds is 5. The number of ether oxygens (including phenoxy) is 1. The zero-order valence-electron chi connectivity index (χ0n) is 16.9. The number of nitrogens with one attached hydrogen (secondary N) is 1. The van der Waals surface area contributed by atoms with Crippen molar-refractivity contribution in [1.29, 1.82) is 0 Å². The maximum atomic E-state index is 12.5. The number of methoxy groups -OCH3 is 1. The van der Waals surface area contributed by atoms with E-state index in [-0.39, 0.29) is 17.4 Å². The Morgan fingerprint density at radius 2 is 2.07 bits per heavy atom. The number of amides is 1. The summed E-state index contributed by atoms with van der Waals surface area (Å²) in [7, 11) is 1.53. The molecule has 0 spiro atoms. The maximum Gasteiger partial charge on any atom is 0.275 e. The lowest BCUT2D eigenvalue weighted by atomic mass is 9.93. The minimum atomic E-state index is -0.0598. The molecule has 0 radical (unpaired) electrons. The second kappa shape index (κ2) is 7.73. The van der Waals surface area contributed by atoms with Crippen LogP contribution >= 0.6 is 0 Å². The van der Waals surface area contributed by atoms with Crippen molar-refractivity contribution in [2.45, 2.75) is 45.4 Å². The molecule has 0 aliphatic carbocycles. The summed E-state index contributed by atoms with van der Waals surface area (Å²) in [6, 6.07) is 3.65. The van der Waals surface area contributed by atoms with Crippen LogP contribution in [0.25, 0.3) is 5.65 Å². The van der Waals surface area contributed by atoms with Crippen molar-refractivity contribution in [3.8, 4) is 5.88 Å². The number of H-pyrrole nitrogens is 1. The first-order valence-corrected chi connectivity index (χ1v) is 9.82. The highest BCUT2D eigenvalue weighted by atomic mass is 16.5. The Morgan fingerprint density at radius 1 is 1.31 bits per heavy atom. The molecule has 3 aromatic rings. The molecule has 1 aliphatic rings. The van der Waals surface area contributed by atoms with E-state index in [9.17, 15) is 9.59 Å². The molecule has 0 unspecified atom stereocenters. The molecule has 1 aliphatic heterocycles. The van der Waals surface area contributed by atoms with Gasteiger partial charge in [-0.3, -0.25) is 14.7 Å². The standard InChI is InChI=1S/C20H25N5O4/c1-12-13(2)21-17-11-16(22-25(17)20(12)27)14-6-8-24(9-7-14)19(26)5-4-15-10-18(28-3)23-29-15/h10-11,14,22H,4-9H2,1-3H3. The second-order valence-electron chi connectivity index (χ2n) is 7.52. The third-order valence-electron chi connectivity index (χ3n) is 5.72. The summed E-state index contributed by atoms with van der Waals surface area (Å²) in [5.74, 6) is 1.45. The molecule has 29 heavy (non-hydrogen) atoms. The summed E-state index contributed by atoms with van der Waals surface area (Å²) in [4.78, 5) is 31.3. The molecule has 9 heteroatoms. The van der Waals surface area contributed by atoms with Crippen molar-refractivity contribution in [3.05, 3.63) is 45.2 Å². The largest absolute Gasteiger partial charge is 0.479 e. The minimum absolute atomic E-state index is 0.0598. The van der Waals surface area contributed by atoms with Crippen molar-refractivity contribution in [3.63, 3.8) is 0 Å². The zero-order valence-corrected chi connectivity index (χ0v) is 16.9. The van der Waals surface area contributed by atoms with Gasteiger partial charge in [-0.25, -0.2) is 9.50 Å². The molecular formula is C20H25N5O4. The molecule has 9 nitrogen and oxygen atoms in total. The molecular weight excluding hydrogens is 374 g/mol. The smallest absolute Gasteiger partial charge is 0.275 e. The van der Waals surface area contributed by atoms with E-state index in [1.54, 1.807) is 13.0 Å². The molecule has 0 atom stereocenters. The average Bonchev–Trinajstić information content (AvgIpc) is 3.37. The minimum Gasteiger partial charge on any atom is -0.479 e. The number of aromatic amines is 1.